The van der Waals surface area contributed by atoms with E-state index in [1.54, 1.807) is 12.1 Å². The molecule has 3 aromatic rings. The van der Waals surface area contributed by atoms with Crippen LogP contribution < -0.4 is 14.8 Å². The number of para-hydroxylation sites is 2. The van der Waals surface area contributed by atoms with Gasteiger partial charge in [-0.15, -0.1) is 0 Å². The zero-order chi connectivity index (χ0) is 26.8. The normalized spacial score (nSPS) is 20.0. The Hall–Kier alpha value is -4.46. The number of carbonyl (C=O) groups is 2. The number of hydrogen-bond donors (Lipinski definition) is 1. The monoisotopic (exact) mass is 510 g/mol. The van der Waals surface area contributed by atoms with Gasteiger partial charge in [0.25, 0.3) is 11.8 Å². The molecule has 2 aliphatic heterocycles. The highest BCUT2D eigenvalue weighted by atomic mass is 16.5. The Bertz CT molecular complexity index is 1320. The van der Waals surface area contributed by atoms with Crippen molar-refractivity contribution in [2.24, 2.45) is 22.0 Å². The Kier molecular flexibility index (Phi) is 6.96. The zero-order valence-corrected chi connectivity index (χ0v) is 21.6. The molecule has 1 N–H and O–H groups in total. The van der Waals surface area contributed by atoms with E-state index >= 15 is 0 Å². The van der Waals surface area contributed by atoms with E-state index in [0.717, 1.165) is 0 Å². The van der Waals surface area contributed by atoms with Crippen LogP contribution in [-0.4, -0.2) is 35.5 Å². The molecule has 0 bridgehead atoms. The molecule has 0 fully saturated rings. The lowest BCUT2D eigenvalue weighted by atomic mass is 9.71. The summed E-state index contributed by atoms with van der Waals surface area (Å²) in [5.74, 6) is -2.15. The summed E-state index contributed by atoms with van der Waals surface area (Å²) in [6.45, 7) is 3.92. The molecule has 2 amide bonds. The third-order valence-electron chi connectivity index (χ3n) is 7.16. The van der Waals surface area contributed by atoms with Crippen molar-refractivity contribution in [3.63, 3.8) is 0 Å². The predicted octanol–water partition coefficient (Wildman–Crippen LogP) is 5.34. The predicted molar refractivity (Wildman–Crippen MR) is 148 cm³/mol. The SMILES string of the molecule is CCC1=NN(c2ccccc2)C(=O)C1C(c1ccc(O)c(OC)c1)C1C(=O)N(c2ccccc2)N=C1CC. The summed E-state index contributed by atoms with van der Waals surface area (Å²) in [6, 6.07) is 23.6. The van der Waals surface area contributed by atoms with Gasteiger partial charge in [-0.05, 0) is 54.8 Å². The van der Waals surface area contributed by atoms with Crippen LogP contribution in [0.4, 0.5) is 11.4 Å². The molecule has 8 heteroatoms. The van der Waals surface area contributed by atoms with E-state index in [9.17, 15) is 14.7 Å². The number of hydrogen-bond acceptors (Lipinski definition) is 6. The van der Waals surface area contributed by atoms with Crippen molar-refractivity contribution in [2.45, 2.75) is 32.6 Å². The van der Waals surface area contributed by atoms with Crippen LogP contribution in [0, 0.1) is 11.8 Å². The number of methoxy groups -OCH3 is 1. The molecule has 2 unspecified atom stereocenters. The van der Waals surface area contributed by atoms with Crippen molar-refractivity contribution < 1.29 is 19.4 Å². The second kappa shape index (κ2) is 10.5. The van der Waals surface area contributed by atoms with Crippen LogP contribution in [-0.2, 0) is 9.59 Å². The van der Waals surface area contributed by atoms with E-state index < -0.39 is 17.8 Å². The minimum atomic E-state index is -0.698. The highest BCUT2D eigenvalue weighted by Crippen LogP contribution is 2.45. The third kappa shape index (κ3) is 4.32. The second-order valence-electron chi connectivity index (χ2n) is 9.27. The van der Waals surface area contributed by atoms with Crippen molar-refractivity contribution in [3.05, 3.63) is 84.4 Å². The number of aromatic hydroxyl groups is 1. The number of ether oxygens (including phenoxy) is 1. The fourth-order valence-corrected chi connectivity index (χ4v) is 5.32. The van der Waals surface area contributed by atoms with Gasteiger partial charge in [0, 0.05) is 5.92 Å². The number of anilines is 2. The highest BCUT2D eigenvalue weighted by Gasteiger charge is 2.51. The molecule has 2 heterocycles. The highest BCUT2D eigenvalue weighted by molar-refractivity contribution is 6.20. The van der Waals surface area contributed by atoms with E-state index in [1.807, 2.05) is 74.5 Å². The lowest BCUT2D eigenvalue weighted by Gasteiger charge is -2.29. The van der Waals surface area contributed by atoms with E-state index in [4.69, 9.17) is 14.9 Å². The van der Waals surface area contributed by atoms with Gasteiger partial charge in [0.15, 0.2) is 11.5 Å². The van der Waals surface area contributed by atoms with Gasteiger partial charge in [0.2, 0.25) is 0 Å². The molecule has 2 aliphatic rings. The standard InChI is InChI=1S/C30H30N4O4/c1-4-22-27(29(36)33(31-22)20-12-8-6-9-13-20)26(19-16-17-24(35)25(18-19)38-3)28-23(5-2)32-34(30(28)37)21-14-10-7-11-15-21/h6-18,26-28,35H,4-5H2,1-3H3. The van der Waals surface area contributed by atoms with Crippen molar-refractivity contribution in [2.75, 3.05) is 17.1 Å². The maximum Gasteiger partial charge on any atom is 0.256 e. The smallest absolute Gasteiger partial charge is 0.256 e. The van der Waals surface area contributed by atoms with Crippen LogP contribution in [0.2, 0.25) is 0 Å². The number of hydrazone groups is 2. The molecule has 2 atom stereocenters. The summed E-state index contributed by atoms with van der Waals surface area (Å²) in [6.07, 6.45) is 1.07. The Balaban J connectivity index is 1.65. The summed E-state index contributed by atoms with van der Waals surface area (Å²) < 4.78 is 5.40. The summed E-state index contributed by atoms with van der Waals surface area (Å²) in [5.41, 5.74) is 3.42. The number of nitrogens with zero attached hydrogens (tertiary/aromatic N) is 4. The number of phenols is 1. The summed E-state index contributed by atoms with van der Waals surface area (Å²) in [4.78, 5) is 28.2. The van der Waals surface area contributed by atoms with Gasteiger partial charge in [-0.3, -0.25) is 9.59 Å². The Morgan fingerprint density at radius 1 is 0.789 bits per heavy atom. The quantitative estimate of drug-likeness (QED) is 0.442. The van der Waals surface area contributed by atoms with Gasteiger partial charge >= 0.3 is 0 Å². The molecule has 0 spiro atoms. The fourth-order valence-electron chi connectivity index (χ4n) is 5.32. The summed E-state index contributed by atoms with van der Waals surface area (Å²) in [5, 5.41) is 22.6. The first-order chi connectivity index (χ1) is 18.5. The average molecular weight is 511 g/mol. The Morgan fingerprint density at radius 3 is 1.68 bits per heavy atom. The first-order valence-electron chi connectivity index (χ1n) is 12.8. The number of carbonyl (C=O) groups excluding carboxylic acids is 2. The molecule has 38 heavy (non-hydrogen) atoms. The third-order valence-corrected chi connectivity index (χ3v) is 7.16. The molecule has 0 aromatic heterocycles. The minimum absolute atomic E-state index is 0.0175. The van der Waals surface area contributed by atoms with Gasteiger partial charge in [0.05, 0.1) is 41.7 Å². The van der Waals surface area contributed by atoms with Crippen molar-refractivity contribution >= 4 is 34.6 Å². The molecule has 8 nitrogen and oxygen atoms in total. The molecule has 5 rings (SSSR count). The van der Waals surface area contributed by atoms with Crippen LogP contribution in [0.15, 0.2) is 89.1 Å². The second-order valence-corrected chi connectivity index (χ2v) is 9.27. The van der Waals surface area contributed by atoms with Gasteiger partial charge in [-0.2, -0.15) is 10.2 Å². The fraction of sp³-hybridized carbons (Fsp3) is 0.267. The lowest BCUT2D eigenvalue weighted by Crippen LogP contribution is -2.40. The van der Waals surface area contributed by atoms with Crippen LogP contribution in [0.25, 0.3) is 0 Å². The number of rotatable bonds is 8. The topological polar surface area (TPSA) is 94.8 Å². The number of benzene rings is 3. The molecule has 0 aliphatic carbocycles. The van der Waals surface area contributed by atoms with Gasteiger partial charge in [-0.25, -0.2) is 10.0 Å². The van der Waals surface area contributed by atoms with Gasteiger partial charge in [0.1, 0.15) is 0 Å². The molecule has 194 valence electrons. The first-order valence-corrected chi connectivity index (χ1v) is 12.8. The van der Waals surface area contributed by atoms with E-state index in [1.165, 1.54) is 23.2 Å². The van der Waals surface area contributed by atoms with Crippen molar-refractivity contribution in [3.8, 4) is 11.5 Å². The Labute approximate surface area is 221 Å². The summed E-state index contributed by atoms with van der Waals surface area (Å²) >= 11 is 0. The molecule has 3 aromatic carbocycles. The van der Waals surface area contributed by atoms with Crippen molar-refractivity contribution in [1.29, 1.82) is 0 Å². The van der Waals surface area contributed by atoms with Gasteiger partial charge in [-0.1, -0.05) is 56.3 Å². The molecular weight excluding hydrogens is 480 g/mol. The largest absolute Gasteiger partial charge is 0.504 e. The summed E-state index contributed by atoms with van der Waals surface area (Å²) in [7, 11) is 1.47. The maximum atomic E-state index is 14.1. The number of phenolic OH excluding ortho intramolecular Hbond substituents is 1. The lowest BCUT2D eigenvalue weighted by molar-refractivity contribution is -0.122. The van der Waals surface area contributed by atoms with Crippen LogP contribution in [0.3, 0.4) is 0 Å². The molecule has 0 saturated carbocycles. The van der Waals surface area contributed by atoms with Crippen LogP contribution >= 0.6 is 0 Å². The van der Waals surface area contributed by atoms with E-state index in [0.29, 0.717) is 41.2 Å². The average Bonchev–Trinajstić information content (AvgIpc) is 3.47. The Morgan fingerprint density at radius 2 is 1.26 bits per heavy atom. The molecule has 0 saturated heterocycles. The first kappa shape index (κ1) is 25.2. The van der Waals surface area contributed by atoms with Crippen LogP contribution in [0.1, 0.15) is 38.2 Å². The molecular formula is C30H30N4O4. The zero-order valence-electron chi connectivity index (χ0n) is 21.6. The van der Waals surface area contributed by atoms with Crippen LogP contribution in [0.5, 0.6) is 11.5 Å². The molecule has 0 radical (unpaired) electrons. The van der Waals surface area contributed by atoms with E-state index in [-0.39, 0.29) is 23.3 Å². The van der Waals surface area contributed by atoms with Gasteiger partial charge < -0.3 is 9.84 Å². The van der Waals surface area contributed by atoms with E-state index in [2.05, 4.69) is 0 Å². The minimum Gasteiger partial charge on any atom is -0.504 e. The maximum absolute atomic E-state index is 14.1. The number of amides is 2. The van der Waals surface area contributed by atoms with Crippen molar-refractivity contribution in [1.82, 2.24) is 0 Å².